The van der Waals surface area contributed by atoms with Gasteiger partial charge in [-0.25, -0.2) is 0 Å². The number of nitrogens with zero attached hydrogens (tertiary/aromatic N) is 1. The molecule has 1 aliphatic heterocycles. The summed E-state index contributed by atoms with van der Waals surface area (Å²) >= 11 is 6.15. The fourth-order valence-electron chi connectivity index (χ4n) is 3.37. The van der Waals surface area contributed by atoms with Gasteiger partial charge in [0.25, 0.3) is 5.91 Å². The summed E-state index contributed by atoms with van der Waals surface area (Å²) in [6, 6.07) is 7.46. The van der Waals surface area contributed by atoms with Crippen molar-refractivity contribution in [1.29, 1.82) is 0 Å². The van der Waals surface area contributed by atoms with E-state index in [1.807, 2.05) is 31.2 Å². The lowest BCUT2D eigenvalue weighted by Gasteiger charge is -2.20. The van der Waals surface area contributed by atoms with E-state index in [1.165, 1.54) is 0 Å². The van der Waals surface area contributed by atoms with Crippen molar-refractivity contribution in [2.24, 2.45) is 0 Å². The van der Waals surface area contributed by atoms with Gasteiger partial charge in [-0.15, -0.1) is 0 Å². The number of hydrogen-bond donors (Lipinski definition) is 4. The van der Waals surface area contributed by atoms with Crippen LogP contribution in [0.4, 0.5) is 5.82 Å². The molecule has 1 aromatic carbocycles. The maximum Gasteiger partial charge on any atom is 0.273 e. The zero-order valence-corrected chi connectivity index (χ0v) is 14.7. The normalized spacial score (nSPS) is 15.6. The number of carbonyl (C=O) groups is 1. The van der Waals surface area contributed by atoms with Gasteiger partial charge in [-0.05, 0) is 56.6 Å². The second-order valence-electron chi connectivity index (χ2n) is 6.50. The Bertz CT molecular complexity index is 923. The molecule has 25 heavy (non-hydrogen) atoms. The van der Waals surface area contributed by atoms with Crippen LogP contribution in [0.1, 0.15) is 40.5 Å². The summed E-state index contributed by atoms with van der Waals surface area (Å²) in [4.78, 5) is 15.7. The van der Waals surface area contributed by atoms with Crippen molar-refractivity contribution < 1.29 is 4.79 Å². The molecule has 2 aromatic heterocycles. The van der Waals surface area contributed by atoms with Crippen LogP contribution in [-0.4, -0.2) is 34.2 Å². The first kappa shape index (κ1) is 16.2. The van der Waals surface area contributed by atoms with Gasteiger partial charge in [0.05, 0.1) is 0 Å². The van der Waals surface area contributed by atoms with Gasteiger partial charge in [0.1, 0.15) is 5.69 Å². The van der Waals surface area contributed by atoms with Crippen LogP contribution in [0.15, 0.2) is 24.3 Å². The van der Waals surface area contributed by atoms with Crippen LogP contribution in [0.3, 0.4) is 0 Å². The molecule has 1 aliphatic rings. The Morgan fingerprint density at radius 3 is 2.88 bits per heavy atom. The number of piperidine rings is 1. The molecule has 0 unspecified atom stereocenters. The van der Waals surface area contributed by atoms with Crippen molar-refractivity contribution in [2.45, 2.75) is 25.7 Å². The van der Waals surface area contributed by atoms with Gasteiger partial charge in [-0.1, -0.05) is 11.6 Å². The van der Waals surface area contributed by atoms with Crippen LogP contribution in [0.5, 0.6) is 0 Å². The van der Waals surface area contributed by atoms with Gasteiger partial charge in [-0.2, -0.15) is 5.10 Å². The van der Waals surface area contributed by atoms with E-state index < -0.39 is 0 Å². The van der Waals surface area contributed by atoms with Crippen LogP contribution in [0.2, 0.25) is 5.02 Å². The molecule has 7 heteroatoms. The largest absolute Gasteiger partial charge is 0.351 e. The maximum absolute atomic E-state index is 12.5. The SMILES string of the molecule is Cc1c(Cl)ccc2[nH]c(C(=O)Nc3cc(C4CCNCC4)[nH]n3)cc12. The molecule has 3 heterocycles. The smallest absolute Gasteiger partial charge is 0.273 e. The summed E-state index contributed by atoms with van der Waals surface area (Å²) in [6.45, 7) is 3.98. The number of hydrogen-bond acceptors (Lipinski definition) is 3. The molecular weight excluding hydrogens is 338 g/mol. The lowest BCUT2D eigenvalue weighted by atomic mass is 9.95. The number of anilines is 1. The second kappa shape index (κ2) is 6.54. The van der Waals surface area contributed by atoms with Crippen molar-refractivity contribution in [3.05, 3.63) is 46.2 Å². The van der Waals surface area contributed by atoms with E-state index in [0.29, 0.717) is 22.5 Å². The minimum absolute atomic E-state index is 0.213. The Hall–Kier alpha value is -2.31. The Labute approximate surface area is 150 Å². The monoisotopic (exact) mass is 357 g/mol. The number of aromatic amines is 2. The van der Waals surface area contributed by atoms with Crippen LogP contribution in [0.25, 0.3) is 10.9 Å². The molecule has 130 valence electrons. The van der Waals surface area contributed by atoms with E-state index in [-0.39, 0.29) is 5.91 Å². The highest BCUT2D eigenvalue weighted by atomic mass is 35.5. The summed E-state index contributed by atoms with van der Waals surface area (Å²) in [5.41, 5.74) is 3.43. The fourth-order valence-corrected chi connectivity index (χ4v) is 3.54. The molecule has 0 bridgehead atoms. The van der Waals surface area contributed by atoms with Gasteiger partial charge in [0.2, 0.25) is 0 Å². The van der Waals surface area contributed by atoms with Crippen LogP contribution < -0.4 is 10.6 Å². The summed E-state index contributed by atoms with van der Waals surface area (Å²) < 4.78 is 0. The molecule has 1 saturated heterocycles. The summed E-state index contributed by atoms with van der Waals surface area (Å²) in [5, 5.41) is 15.1. The van der Waals surface area contributed by atoms with Crippen molar-refractivity contribution in [1.82, 2.24) is 20.5 Å². The molecule has 0 atom stereocenters. The summed E-state index contributed by atoms with van der Waals surface area (Å²) in [6.07, 6.45) is 2.16. The molecule has 1 fully saturated rings. The predicted octanol–water partition coefficient (Wildman–Crippen LogP) is 3.57. The van der Waals surface area contributed by atoms with E-state index in [0.717, 1.165) is 48.1 Å². The van der Waals surface area contributed by atoms with E-state index in [1.54, 1.807) is 0 Å². The fraction of sp³-hybridized carbons (Fsp3) is 0.333. The van der Waals surface area contributed by atoms with Crippen molar-refractivity contribution >= 4 is 34.2 Å². The molecular formula is C18H20ClN5O. The van der Waals surface area contributed by atoms with Crippen molar-refractivity contribution in [3.8, 4) is 0 Å². The lowest BCUT2D eigenvalue weighted by Crippen LogP contribution is -2.26. The number of rotatable bonds is 3. The predicted molar refractivity (Wildman–Crippen MR) is 99.4 cm³/mol. The van der Waals surface area contributed by atoms with Crippen LogP contribution in [-0.2, 0) is 0 Å². The summed E-state index contributed by atoms with van der Waals surface area (Å²) in [7, 11) is 0. The topological polar surface area (TPSA) is 85.6 Å². The zero-order chi connectivity index (χ0) is 17.4. The molecule has 0 saturated carbocycles. The number of halogens is 1. The van der Waals surface area contributed by atoms with Crippen LogP contribution >= 0.6 is 11.6 Å². The minimum Gasteiger partial charge on any atom is -0.351 e. The van der Waals surface area contributed by atoms with E-state index in [2.05, 4.69) is 25.8 Å². The van der Waals surface area contributed by atoms with Gasteiger partial charge in [0, 0.05) is 33.6 Å². The molecule has 0 aliphatic carbocycles. The Balaban J connectivity index is 1.52. The van der Waals surface area contributed by atoms with Crippen molar-refractivity contribution in [3.63, 3.8) is 0 Å². The number of nitrogens with one attached hydrogen (secondary N) is 4. The van der Waals surface area contributed by atoms with Gasteiger partial charge in [0.15, 0.2) is 5.82 Å². The number of aryl methyl sites for hydroxylation is 1. The molecule has 0 spiro atoms. The van der Waals surface area contributed by atoms with E-state index in [4.69, 9.17) is 11.6 Å². The van der Waals surface area contributed by atoms with Crippen molar-refractivity contribution in [2.75, 3.05) is 18.4 Å². The van der Waals surface area contributed by atoms with E-state index in [9.17, 15) is 4.79 Å². The first-order chi connectivity index (χ1) is 12.1. The molecule has 4 N–H and O–H groups in total. The first-order valence-electron chi connectivity index (χ1n) is 8.47. The van der Waals surface area contributed by atoms with E-state index >= 15 is 0 Å². The third kappa shape index (κ3) is 3.15. The lowest BCUT2D eigenvalue weighted by molar-refractivity contribution is 0.102. The van der Waals surface area contributed by atoms with Gasteiger partial charge in [-0.3, -0.25) is 9.89 Å². The second-order valence-corrected chi connectivity index (χ2v) is 6.91. The standard InChI is InChI=1S/C18H20ClN5O/c1-10-12-8-16(21-14(12)3-2-13(10)19)18(25)22-17-9-15(23-24-17)11-4-6-20-7-5-11/h2-3,8-9,11,20-21H,4-7H2,1H3,(H2,22,23,24,25). The highest BCUT2D eigenvalue weighted by molar-refractivity contribution is 6.32. The zero-order valence-electron chi connectivity index (χ0n) is 13.9. The number of carbonyl (C=O) groups excluding carboxylic acids is 1. The molecule has 6 nitrogen and oxygen atoms in total. The average Bonchev–Trinajstić information content (AvgIpc) is 3.26. The highest BCUT2D eigenvalue weighted by Gasteiger charge is 2.19. The van der Waals surface area contributed by atoms with Gasteiger partial charge >= 0.3 is 0 Å². The quantitative estimate of drug-likeness (QED) is 0.578. The number of amides is 1. The Kier molecular flexibility index (Phi) is 4.23. The number of H-pyrrole nitrogens is 2. The number of fused-ring (bicyclic) bond motifs is 1. The molecule has 1 amide bonds. The third-order valence-corrected chi connectivity index (χ3v) is 5.28. The molecule has 3 aromatic rings. The summed E-state index contributed by atoms with van der Waals surface area (Å²) in [5.74, 6) is 0.805. The first-order valence-corrected chi connectivity index (χ1v) is 8.85. The minimum atomic E-state index is -0.213. The molecule has 4 rings (SSSR count). The number of aromatic nitrogens is 3. The van der Waals surface area contributed by atoms with Gasteiger partial charge < -0.3 is 15.6 Å². The number of benzene rings is 1. The maximum atomic E-state index is 12.5. The molecule has 0 radical (unpaired) electrons. The van der Waals surface area contributed by atoms with Crippen LogP contribution in [0, 0.1) is 6.92 Å². The Morgan fingerprint density at radius 1 is 1.28 bits per heavy atom. The average molecular weight is 358 g/mol. The third-order valence-electron chi connectivity index (χ3n) is 4.87. The Morgan fingerprint density at radius 2 is 2.08 bits per heavy atom. The highest BCUT2D eigenvalue weighted by Crippen LogP contribution is 2.27.